The van der Waals surface area contributed by atoms with Gasteiger partial charge in [0.1, 0.15) is 0 Å². The summed E-state index contributed by atoms with van der Waals surface area (Å²) in [5.41, 5.74) is 8.38. The highest BCUT2D eigenvalue weighted by Crippen LogP contribution is 2.26. The molecule has 0 bridgehead atoms. The van der Waals surface area contributed by atoms with Gasteiger partial charge in [0, 0.05) is 24.3 Å². The first-order valence-electron chi connectivity index (χ1n) is 4.78. The van der Waals surface area contributed by atoms with E-state index < -0.39 is 0 Å². The number of allylic oxidation sites excluding steroid dienone is 1. The van der Waals surface area contributed by atoms with Crippen LogP contribution in [0.25, 0.3) is 5.57 Å². The molecule has 0 saturated heterocycles. The van der Waals surface area contributed by atoms with Crippen LogP contribution in [0.5, 0.6) is 0 Å². The molecule has 1 aromatic heterocycles. The lowest BCUT2D eigenvalue weighted by molar-refractivity contribution is 0.659. The van der Waals surface area contributed by atoms with Crippen molar-refractivity contribution in [3.63, 3.8) is 0 Å². The van der Waals surface area contributed by atoms with Crippen LogP contribution in [-0.4, -0.2) is 15.8 Å². The zero-order valence-electron chi connectivity index (χ0n) is 7.90. The number of aromatic nitrogens is 2. The van der Waals surface area contributed by atoms with Gasteiger partial charge in [0.25, 0.3) is 0 Å². The summed E-state index contributed by atoms with van der Waals surface area (Å²) >= 11 is 0. The van der Waals surface area contributed by atoms with E-state index in [1.165, 1.54) is 11.1 Å². The van der Waals surface area contributed by atoms with Gasteiger partial charge < -0.3 is 5.73 Å². The van der Waals surface area contributed by atoms with Crippen LogP contribution in [0.4, 0.5) is 0 Å². The SMILES string of the molecule is CCn1cc(C2=CC(N)CC2)cn1. The molecule has 13 heavy (non-hydrogen) atoms. The molecule has 0 radical (unpaired) electrons. The Morgan fingerprint density at radius 3 is 3.08 bits per heavy atom. The van der Waals surface area contributed by atoms with Crippen LogP contribution in [0.2, 0.25) is 0 Å². The number of hydrogen-bond acceptors (Lipinski definition) is 2. The van der Waals surface area contributed by atoms with Gasteiger partial charge >= 0.3 is 0 Å². The molecule has 0 fully saturated rings. The monoisotopic (exact) mass is 177 g/mol. The molecule has 2 rings (SSSR count). The van der Waals surface area contributed by atoms with E-state index in [2.05, 4.69) is 24.3 Å². The quantitative estimate of drug-likeness (QED) is 0.742. The van der Waals surface area contributed by atoms with Crippen molar-refractivity contribution in [1.29, 1.82) is 0 Å². The second-order valence-electron chi connectivity index (χ2n) is 3.48. The van der Waals surface area contributed by atoms with Gasteiger partial charge in [-0.2, -0.15) is 5.10 Å². The molecule has 70 valence electrons. The third-order valence-corrected chi connectivity index (χ3v) is 2.49. The maximum Gasteiger partial charge on any atom is 0.0564 e. The first-order chi connectivity index (χ1) is 6.29. The Hall–Kier alpha value is -1.09. The topological polar surface area (TPSA) is 43.8 Å². The molecule has 1 aliphatic rings. The fraction of sp³-hybridized carbons (Fsp3) is 0.500. The van der Waals surface area contributed by atoms with E-state index in [1.54, 1.807) is 0 Å². The van der Waals surface area contributed by atoms with E-state index >= 15 is 0 Å². The van der Waals surface area contributed by atoms with Crippen LogP contribution in [0.15, 0.2) is 18.5 Å². The van der Waals surface area contributed by atoms with Gasteiger partial charge in [-0.15, -0.1) is 0 Å². The van der Waals surface area contributed by atoms with Crippen LogP contribution >= 0.6 is 0 Å². The average molecular weight is 177 g/mol. The van der Waals surface area contributed by atoms with Gasteiger partial charge in [-0.05, 0) is 25.3 Å². The predicted molar refractivity (Wildman–Crippen MR) is 53.1 cm³/mol. The Balaban J connectivity index is 2.21. The molecule has 1 atom stereocenters. The molecule has 1 unspecified atom stereocenters. The zero-order chi connectivity index (χ0) is 9.26. The lowest BCUT2D eigenvalue weighted by Gasteiger charge is -1.94. The highest BCUT2D eigenvalue weighted by molar-refractivity contribution is 5.67. The normalized spacial score (nSPS) is 22.0. The summed E-state index contributed by atoms with van der Waals surface area (Å²) in [7, 11) is 0. The van der Waals surface area contributed by atoms with Gasteiger partial charge in [-0.3, -0.25) is 4.68 Å². The highest BCUT2D eigenvalue weighted by Gasteiger charge is 2.14. The number of nitrogens with zero attached hydrogens (tertiary/aromatic N) is 2. The zero-order valence-corrected chi connectivity index (χ0v) is 7.90. The molecule has 0 aliphatic heterocycles. The molecule has 1 aliphatic carbocycles. The lowest BCUT2D eigenvalue weighted by atomic mass is 10.1. The van der Waals surface area contributed by atoms with Crippen molar-refractivity contribution in [3.05, 3.63) is 24.0 Å². The Morgan fingerprint density at radius 1 is 1.69 bits per heavy atom. The highest BCUT2D eigenvalue weighted by atomic mass is 15.3. The molecular weight excluding hydrogens is 162 g/mol. The molecule has 0 spiro atoms. The molecule has 1 heterocycles. The van der Waals surface area contributed by atoms with Gasteiger partial charge in [0.05, 0.1) is 6.20 Å². The molecule has 3 heteroatoms. The Kier molecular flexibility index (Phi) is 2.19. The second kappa shape index (κ2) is 3.34. The average Bonchev–Trinajstić information content (AvgIpc) is 2.71. The smallest absolute Gasteiger partial charge is 0.0564 e. The third kappa shape index (κ3) is 1.65. The summed E-state index contributed by atoms with van der Waals surface area (Å²) in [6.45, 7) is 3.02. The minimum absolute atomic E-state index is 0.250. The predicted octanol–water partition coefficient (Wildman–Crippen LogP) is 1.41. The largest absolute Gasteiger partial charge is 0.324 e. The minimum atomic E-state index is 0.250. The number of rotatable bonds is 2. The number of aryl methyl sites for hydroxylation is 1. The van der Waals surface area contributed by atoms with Crippen molar-refractivity contribution in [3.8, 4) is 0 Å². The van der Waals surface area contributed by atoms with Gasteiger partial charge in [0.15, 0.2) is 0 Å². The fourth-order valence-electron chi connectivity index (χ4n) is 1.69. The van der Waals surface area contributed by atoms with Crippen molar-refractivity contribution in [2.45, 2.75) is 32.4 Å². The Bertz CT molecular complexity index is 325. The number of nitrogens with two attached hydrogens (primary N) is 1. The summed E-state index contributed by atoms with van der Waals surface area (Å²) in [6, 6.07) is 0.250. The maximum atomic E-state index is 5.80. The van der Waals surface area contributed by atoms with E-state index in [0.29, 0.717) is 0 Å². The van der Waals surface area contributed by atoms with E-state index in [-0.39, 0.29) is 6.04 Å². The molecule has 2 N–H and O–H groups in total. The van der Waals surface area contributed by atoms with Crippen molar-refractivity contribution in [2.75, 3.05) is 0 Å². The van der Waals surface area contributed by atoms with Crippen LogP contribution in [0, 0.1) is 0 Å². The van der Waals surface area contributed by atoms with Crippen molar-refractivity contribution < 1.29 is 0 Å². The van der Waals surface area contributed by atoms with Crippen molar-refractivity contribution in [2.24, 2.45) is 5.73 Å². The van der Waals surface area contributed by atoms with Crippen LogP contribution in [0.1, 0.15) is 25.3 Å². The first-order valence-corrected chi connectivity index (χ1v) is 4.78. The molecule has 0 aromatic carbocycles. The van der Waals surface area contributed by atoms with E-state index in [0.717, 1.165) is 19.4 Å². The van der Waals surface area contributed by atoms with Crippen molar-refractivity contribution in [1.82, 2.24) is 9.78 Å². The van der Waals surface area contributed by atoms with Crippen LogP contribution in [0.3, 0.4) is 0 Å². The summed E-state index contributed by atoms with van der Waals surface area (Å²) in [5.74, 6) is 0. The third-order valence-electron chi connectivity index (χ3n) is 2.49. The maximum absolute atomic E-state index is 5.80. The Morgan fingerprint density at radius 2 is 2.54 bits per heavy atom. The first kappa shape index (κ1) is 8.51. The summed E-state index contributed by atoms with van der Waals surface area (Å²) in [6.07, 6.45) is 8.33. The van der Waals surface area contributed by atoms with E-state index in [1.807, 2.05) is 10.9 Å². The summed E-state index contributed by atoms with van der Waals surface area (Å²) < 4.78 is 1.94. The van der Waals surface area contributed by atoms with Crippen molar-refractivity contribution >= 4 is 5.57 Å². The molecular formula is C10H15N3. The minimum Gasteiger partial charge on any atom is -0.324 e. The molecule has 1 aromatic rings. The molecule has 3 nitrogen and oxygen atoms in total. The number of hydrogen-bond donors (Lipinski definition) is 1. The Labute approximate surface area is 78.2 Å². The lowest BCUT2D eigenvalue weighted by Crippen LogP contribution is -2.11. The van der Waals surface area contributed by atoms with Gasteiger partial charge in [0.2, 0.25) is 0 Å². The van der Waals surface area contributed by atoms with Crippen LogP contribution < -0.4 is 5.73 Å². The standard InChI is InChI=1S/C10H15N3/c1-2-13-7-9(6-12-13)8-3-4-10(11)5-8/h5-7,10H,2-4,11H2,1H3. The molecule has 0 amide bonds. The molecule has 0 saturated carbocycles. The second-order valence-corrected chi connectivity index (χ2v) is 3.48. The van der Waals surface area contributed by atoms with Gasteiger partial charge in [-0.25, -0.2) is 0 Å². The fourth-order valence-corrected chi connectivity index (χ4v) is 1.69. The summed E-state index contributed by atoms with van der Waals surface area (Å²) in [5, 5.41) is 4.24. The van der Waals surface area contributed by atoms with Gasteiger partial charge in [-0.1, -0.05) is 6.08 Å². The van der Waals surface area contributed by atoms with E-state index in [4.69, 9.17) is 5.73 Å². The summed E-state index contributed by atoms with van der Waals surface area (Å²) in [4.78, 5) is 0. The van der Waals surface area contributed by atoms with E-state index in [9.17, 15) is 0 Å². The van der Waals surface area contributed by atoms with Crippen LogP contribution in [-0.2, 0) is 6.54 Å².